The van der Waals surface area contributed by atoms with Gasteiger partial charge in [-0.15, -0.1) is 10.2 Å². The molecule has 0 fully saturated rings. The van der Waals surface area contributed by atoms with Crippen LogP contribution in [-0.4, -0.2) is 165 Å². The fourth-order valence-corrected chi connectivity index (χ4v) is 5.25. The Morgan fingerprint density at radius 3 is 1.35 bits per heavy atom. The standard InChI is InChI=1S/C37H56F4N6O19/c1-37(26-61-30(22-57-33(49)53-12-16-63-38)23-58-34(50)54-13-17-64-39,27-62-31(24-59-35(51)55-14-18-65-40)25-60-36(52)56-15-19-66-41)32(48)8-6-4-3-5-7-11-47-21-29(43-45-47)10-9-28-20-46(2)44-42-28/h20-21,30-31H,3-19,22-27H2,1-2H3. The molecule has 0 aromatic carbocycles. The lowest BCUT2D eigenvalue weighted by molar-refractivity contribution is -0.152. The molecule has 2 heterocycles. The van der Waals surface area contributed by atoms with Crippen LogP contribution < -0.4 is 0 Å². The van der Waals surface area contributed by atoms with Crippen LogP contribution in [0.15, 0.2) is 12.4 Å². The van der Waals surface area contributed by atoms with E-state index in [1.165, 1.54) is 6.92 Å². The lowest BCUT2D eigenvalue weighted by Gasteiger charge is -2.31. The molecule has 2 aromatic rings. The highest BCUT2D eigenvalue weighted by Gasteiger charge is 2.36. The lowest BCUT2D eigenvalue weighted by atomic mass is 9.84. The van der Waals surface area contributed by atoms with Crippen LogP contribution in [0, 0.1) is 5.41 Å². The Bertz CT molecular complexity index is 1550. The topological polar surface area (TPSA) is 276 Å². The molecule has 0 aliphatic carbocycles. The quantitative estimate of drug-likeness (QED) is 0.0396. The van der Waals surface area contributed by atoms with Crippen LogP contribution in [0.4, 0.5) is 37.3 Å². The van der Waals surface area contributed by atoms with E-state index in [0.717, 1.165) is 30.7 Å². The highest BCUT2D eigenvalue weighted by atomic mass is 19.3. The van der Waals surface area contributed by atoms with E-state index in [1.54, 1.807) is 16.4 Å². The average molecular weight is 965 g/mol. The van der Waals surface area contributed by atoms with E-state index >= 15 is 0 Å². The zero-order valence-corrected chi connectivity index (χ0v) is 36.5. The summed E-state index contributed by atoms with van der Waals surface area (Å²) in [6, 6.07) is 0. The summed E-state index contributed by atoms with van der Waals surface area (Å²) in [4.78, 5) is 75.6. The third kappa shape index (κ3) is 26.5. The predicted molar refractivity (Wildman–Crippen MR) is 206 cm³/mol. The lowest BCUT2D eigenvalue weighted by Crippen LogP contribution is -2.43. The molecule has 0 unspecified atom stereocenters. The number of unbranched alkanes of at least 4 members (excludes halogenated alkanes) is 4. The summed E-state index contributed by atoms with van der Waals surface area (Å²) in [5.41, 5.74) is 0.109. The Labute approximate surface area is 375 Å². The van der Waals surface area contributed by atoms with Crippen molar-refractivity contribution in [3.8, 4) is 0 Å². The molecule has 0 amide bonds. The van der Waals surface area contributed by atoms with Crippen molar-refractivity contribution >= 4 is 30.4 Å². The summed E-state index contributed by atoms with van der Waals surface area (Å²) < 4.78 is 102. The van der Waals surface area contributed by atoms with Crippen molar-refractivity contribution in [2.75, 3.05) is 92.5 Å². The molecule has 66 heavy (non-hydrogen) atoms. The number of hydrogen-bond acceptors (Lipinski definition) is 23. The average Bonchev–Trinajstić information content (AvgIpc) is 3.95. The first kappa shape index (κ1) is 56.6. The number of carbonyl (C=O) groups is 5. The van der Waals surface area contributed by atoms with Crippen LogP contribution in [-0.2, 0) is 98.4 Å². The molecule has 376 valence electrons. The molecule has 0 N–H and O–H groups in total. The van der Waals surface area contributed by atoms with Gasteiger partial charge in [0.1, 0.15) is 97.3 Å². The maximum atomic E-state index is 14.0. The summed E-state index contributed by atoms with van der Waals surface area (Å²) >= 11 is 0. The smallest absolute Gasteiger partial charge is 0.432 e. The molecule has 25 nitrogen and oxygen atoms in total. The molecule has 0 radical (unpaired) electrons. The first-order valence-corrected chi connectivity index (χ1v) is 20.5. The first-order chi connectivity index (χ1) is 31.9. The summed E-state index contributed by atoms with van der Waals surface area (Å²) in [6.07, 6.45) is 0.792. The van der Waals surface area contributed by atoms with Crippen molar-refractivity contribution in [1.82, 2.24) is 30.0 Å². The Morgan fingerprint density at radius 2 is 0.939 bits per heavy atom. The van der Waals surface area contributed by atoms with Crippen molar-refractivity contribution in [2.24, 2.45) is 12.5 Å². The van der Waals surface area contributed by atoms with Crippen molar-refractivity contribution in [1.29, 1.82) is 0 Å². The first-order valence-electron chi connectivity index (χ1n) is 20.5. The van der Waals surface area contributed by atoms with Gasteiger partial charge in [-0.3, -0.25) is 14.2 Å². The van der Waals surface area contributed by atoms with E-state index in [-0.39, 0.29) is 6.42 Å². The fourth-order valence-electron chi connectivity index (χ4n) is 5.25. The fraction of sp³-hybridized carbons (Fsp3) is 0.757. The second-order valence-corrected chi connectivity index (χ2v) is 14.1. The van der Waals surface area contributed by atoms with E-state index in [0.29, 0.717) is 32.2 Å². The second kappa shape index (κ2) is 34.8. The summed E-state index contributed by atoms with van der Waals surface area (Å²) in [5.74, 6) is -0.396. The molecule has 2 rings (SSSR count). The molecule has 0 aliphatic heterocycles. The highest BCUT2D eigenvalue weighted by molar-refractivity contribution is 5.84. The van der Waals surface area contributed by atoms with Gasteiger partial charge >= 0.3 is 24.6 Å². The van der Waals surface area contributed by atoms with Gasteiger partial charge in [0.25, 0.3) is 0 Å². The van der Waals surface area contributed by atoms with Crippen LogP contribution in [0.25, 0.3) is 0 Å². The van der Waals surface area contributed by atoms with E-state index in [4.69, 9.17) is 28.4 Å². The Kier molecular flexibility index (Phi) is 29.9. The zero-order valence-electron chi connectivity index (χ0n) is 36.5. The number of ketones is 1. The van der Waals surface area contributed by atoms with Gasteiger partial charge in [0.2, 0.25) is 0 Å². The largest absolute Gasteiger partial charge is 0.508 e. The van der Waals surface area contributed by atoms with Gasteiger partial charge in [0, 0.05) is 32.4 Å². The van der Waals surface area contributed by atoms with Crippen LogP contribution in [0.1, 0.15) is 56.8 Å². The van der Waals surface area contributed by atoms with Crippen LogP contribution in [0.5, 0.6) is 0 Å². The van der Waals surface area contributed by atoms with Crippen LogP contribution >= 0.6 is 0 Å². The molecule has 2 aromatic heterocycles. The molecule has 0 aliphatic rings. The van der Waals surface area contributed by atoms with E-state index < -0.39 is 141 Å². The van der Waals surface area contributed by atoms with Crippen molar-refractivity contribution < 1.29 is 109 Å². The van der Waals surface area contributed by atoms with Gasteiger partial charge in [-0.05, 0) is 50.7 Å². The normalized spacial score (nSPS) is 11.4. The molecule has 0 bridgehead atoms. The van der Waals surface area contributed by atoms with Crippen LogP contribution in [0.2, 0.25) is 0 Å². The number of aryl methyl sites for hydroxylation is 4. The van der Waals surface area contributed by atoms with E-state index in [9.17, 15) is 42.1 Å². The van der Waals surface area contributed by atoms with Crippen molar-refractivity contribution in [2.45, 2.75) is 77.0 Å². The van der Waals surface area contributed by atoms with E-state index in [1.807, 2.05) is 12.4 Å². The number of nitrogens with zero attached hydrogens (tertiary/aromatic N) is 6. The highest BCUT2D eigenvalue weighted by Crippen LogP contribution is 2.25. The monoisotopic (exact) mass is 964 g/mol. The molecular weight excluding hydrogens is 908 g/mol. The second-order valence-electron chi connectivity index (χ2n) is 14.1. The van der Waals surface area contributed by atoms with Crippen LogP contribution in [0.3, 0.4) is 0 Å². The molecule has 29 heteroatoms. The van der Waals surface area contributed by atoms with Gasteiger partial charge in [0.05, 0.1) is 30.0 Å². The van der Waals surface area contributed by atoms with Gasteiger partial charge in [-0.25, -0.2) is 19.2 Å². The predicted octanol–water partition coefficient (Wildman–Crippen LogP) is 4.10. The summed E-state index contributed by atoms with van der Waals surface area (Å²) in [6.45, 7) is -5.90. The minimum Gasteiger partial charge on any atom is -0.432 e. The number of hydrogen-bond donors (Lipinski definition) is 0. The maximum Gasteiger partial charge on any atom is 0.508 e. The van der Waals surface area contributed by atoms with Gasteiger partial charge < -0.3 is 47.4 Å². The number of carbonyl (C=O) groups excluding carboxylic acids is 5. The number of Topliss-reactive ketones (excluding diaryl/α,β-unsaturated/α-hetero) is 1. The number of halogens is 4. The molecule has 0 saturated heterocycles. The molecule has 0 atom stereocenters. The van der Waals surface area contributed by atoms with Crippen molar-refractivity contribution in [3.63, 3.8) is 0 Å². The minimum atomic E-state index is -1.57. The van der Waals surface area contributed by atoms with Gasteiger partial charge in [0.15, 0.2) is 0 Å². The Hall–Kier alpha value is -5.49. The van der Waals surface area contributed by atoms with Gasteiger partial charge in [-0.1, -0.05) is 29.7 Å². The Morgan fingerprint density at radius 1 is 0.545 bits per heavy atom. The maximum absolute atomic E-state index is 14.0. The van der Waals surface area contributed by atoms with Gasteiger partial charge in [-0.2, -0.15) is 19.8 Å². The molecule has 0 spiro atoms. The number of rotatable bonds is 38. The summed E-state index contributed by atoms with van der Waals surface area (Å²) in [5, 5.41) is 16.4. The molecule has 0 saturated carbocycles. The minimum absolute atomic E-state index is 0.00859. The number of ether oxygens (including phenoxy) is 10. The molecular formula is C37H56F4N6O19. The van der Waals surface area contributed by atoms with Crippen molar-refractivity contribution in [3.05, 3.63) is 23.8 Å². The Balaban J connectivity index is 2.12. The van der Waals surface area contributed by atoms with E-state index in [2.05, 4.69) is 59.3 Å². The number of aromatic nitrogens is 6. The zero-order chi connectivity index (χ0) is 48.3. The summed E-state index contributed by atoms with van der Waals surface area (Å²) in [7, 11) is 1.79. The third-order valence-corrected chi connectivity index (χ3v) is 8.68. The SMILES string of the molecule is Cn1cc(CCc2cn(CCCCCCCC(=O)C(C)(COC(COC(=O)OCCOF)COC(=O)OCCOF)COC(COC(=O)OCCOF)COC(=O)OCCOF)nn2)nn1. The third-order valence-electron chi connectivity index (χ3n) is 8.68.